The molecule has 1 aliphatic rings. The second-order valence-electron chi connectivity index (χ2n) is 3.69. The maximum Gasteiger partial charge on any atom is 0.324 e. The number of hydrogen-bond donors (Lipinski definition) is 0. The van der Waals surface area contributed by atoms with Crippen molar-refractivity contribution < 1.29 is 18.9 Å². The van der Waals surface area contributed by atoms with Crippen molar-refractivity contribution in [3.8, 4) is 0 Å². The first-order valence-corrected chi connectivity index (χ1v) is 7.41. The van der Waals surface area contributed by atoms with E-state index in [1.54, 1.807) is 0 Å². The summed E-state index contributed by atoms with van der Waals surface area (Å²) in [6.07, 6.45) is 0.130. The number of hydrogen-bond acceptors (Lipinski definition) is 6. The lowest BCUT2D eigenvalue weighted by Gasteiger charge is -2.36. The molecule has 0 N–H and O–H groups in total. The molecule has 15 heavy (non-hydrogen) atoms. The molecule has 0 aromatic carbocycles. The van der Waals surface area contributed by atoms with Crippen molar-refractivity contribution in [2.24, 2.45) is 0 Å². The van der Waals surface area contributed by atoms with Crippen LogP contribution in [0.3, 0.4) is 0 Å². The topological polar surface area (TPSA) is 86.7 Å². The first kappa shape index (κ1) is 13.1. The lowest BCUT2D eigenvalue weighted by atomic mass is 10.2. The minimum absolute atomic E-state index is 0.0633. The van der Waals surface area contributed by atoms with Gasteiger partial charge in [-0.25, -0.2) is 0 Å². The average molecular weight is 252 g/mol. The van der Waals surface area contributed by atoms with Crippen LogP contribution in [0.25, 0.3) is 0 Å². The highest BCUT2D eigenvalue weighted by atomic mass is 31.1. The lowest BCUT2D eigenvalue weighted by Crippen LogP contribution is -2.51. The molecule has 3 atom stereocenters. The molecule has 8 heteroatoms. The Morgan fingerprint density at radius 2 is 1.80 bits per heavy atom. The van der Waals surface area contributed by atoms with E-state index >= 15 is 0 Å². The van der Waals surface area contributed by atoms with Gasteiger partial charge in [0.2, 0.25) is 0 Å². The van der Waals surface area contributed by atoms with E-state index in [-0.39, 0.29) is 18.6 Å². The molecule has 1 heterocycles. The van der Waals surface area contributed by atoms with Gasteiger partial charge < -0.3 is 9.79 Å². The minimum atomic E-state index is -2.39. The molecule has 0 saturated carbocycles. The third-order valence-electron chi connectivity index (χ3n) is 2.46. The van der Waals surface area contributed by atoms with Crippen molar-refractivity contribution >= 4 is 16.1 Å². The van der Waals surface area contributed by atoms with Gasteiger partial charge in [0, 0.05) is 25.7 Å². The van der Waals surface area contributed by atoms with E-state index in [9.17, 15) is 18.9 Å². The zero-order chi connectivity index (χ0) is 11.4. The third-order valence-corrected chi connectivity index (χ3v) is 3.69. The predicted molar refractivity (Wildman–Crippen MR) is 52.7 cm³/mol. The summed E-state index contributed by atoms with van der Waals surface area (Å²) in [4.78, 5) is 24.7. The van der Waals surface area contributed by atoms with Crippen molar-refractivity contribution in [2.75, 3.05) is 32.2 Å². The summed E-state index contributed by atoms with van der Waals surface area (Å²) in [5.41, 5.74) is 0. The Balaban J connectivity index is 2.40. The maximum absolute atomic E-state index is 10.6. The van der Waals surface area contributed by atoms with Gasteiger partial charge in [0.15, 0.2) is 12.6 Å². The van der Waals surface area contributed by atoms with E-state index in [4.69, 9.17) is 0 Å². The molecule has 6 nitrogen and oxygen atoms in total. The fourth-order valence-electron chi connectivity index (χ4n) is 1.72. The maximum atomic E-state index is 10.6. The Bertz CT molecular complexity index is 263. The molecule has 0 bridgehead atoms. The van der Waals surface area contributed by atoms with Gasteiger partial charge >= 0.3 is 16.1 Å². The highest BCUT2D eigenvalue weighted by Crippen LogP contribution is 2.19. The monoisotopic (exact) mass is 252 g/mol. The van der Waals surface area contributed by atoms with Crippen LogP contribution < -0.4 is 9.79 Å². The van der Waals surface area contributed by atoms with Gasteiger partial charge in [0.05, 0.1) is 0 Å². The van der Waals surface area contributed by atoms with Gasteiger partial charge in [0.25, 0.3) is 0 Å². The summed E-state index contributed by atoms with van der Waals surface area (Å²) in [7, 11) is -4.78. The zero-order valence-corrected chi connectivity index (χ0v) is 10.3. The fourth-order valence-corrected chi connectivity index (χ4v) is 3.02. The average Bonchev–Trinajstić information content (AvgIpc) is 2.08. The Kier molecular flexibility index (Phi) is 5.19. The van der Waals surface area contributed by atoms with Crippen molar-refractivity contribution in [3.05, 3.63) is 0 Å². The molecular formula is C7H14N2O4P2. The van der Waals surface area contributed by atoms with Gasteiger partial charge in [-0.3, -0.25) is 9.80 Å². The molecule has 86 valence electrons. The van der Waals surface area contributed by atoms with Crippen molar-refractivity contribution in [3.63, 3.8) is 0 Å². The molecular weight excluding hydrogens is 238 g/mol. The van der Waals surface area contributed by atoms with Gasteiger partial charge in [0.1, 0.15) is 0 Å². The molecule has 1 rings (SSSR count). The fraction of sp³-hybridized carbons (Fsp3) is 1.00. The van der Waals surface area contributed by atoms with Crippen LogP contribution in [0.1, 0.15) is 6.92 Å². The molecule has 1 aliphatic heterocycles. The molecule has 3 unspecified atom stereocenters. The van der Waals surface area contributed by atoms with Crippen LogP contribution >= 0.6 is 16.1 Å². The van der Waals surface area contributed by atoms with Gasteiger partial charge in [-0.15, -0.1) is 0 Å². The Morgan fingerprint density at radius 1 is 1.20 bits per heavy atom. The molecule has 0 spiro atoms. The van der Waals surface area contributed by atoms with Crippen LogP contribution in [0.4, 0.5) is 0 Å². The summed E-state index contributed by atoms with van der Waals surface area (Å²) in [6.45, 7) is 3.72. The van der Waals surface area contributed by atoms with Crippen LogP contribution in [-0.2, 0) is 9.13 Å². The quantitative estimate of drug-likeness (QED) is 0.603. The first-order chi connectivity index (χ1) is 6.99. The smallest absolute Gasteiger partial charge is 0.324 e. The molecule has 0 aliphatic carbocycles. The highest BCUT2D eigenvalue weighted by Gasteiger charge is 2.28. The lowest BCUT2D eigenvalue weighted by molar-refractivity contribution is -0.169. The van der Waals surface area contributed by atoms with Crippen LogP contribution in [0.2, 0.25) is 0 Å². The van der Waals surface area contributed by atoms with Gasteiger partial charge in [-0.05, 0) is 6.92 Å². The Labute approximate surface area is 90.6 Å². The first-order valence-electron chi connectivity index (χ1n) is 4.69. The second-order valence-corrected chi connectivity index (χ2v) is 5.58. The van der Waals surface area contributed by atoms with E-state index in [0.717, 1.165) is 0 Å². The largest absolute Gasteiger partial charge is 0.594 e. The summed E-state index contributed by atoms with van der Waals surface area (Å²) >= 11 is 0. The molecule has 0 aromatic rings. The number of nitrogens with zero attached hydrogens (tertiary/aromatic N) is 2. The van der Waals surface area contributed by atoms with Crippen molar-refractivity contribution in [2.45, 2.75) is 13.0 Å². The normalized spacial score (nSPS) is 26.5. The predicted octanol–water partition coefficient (Wildman–Crippen LogP) is -0.887. The summed E-state index contributed by atoms with van der Waals surface area (Å²) < 4.78 is 21.1. The molecule has 0 amide bonds. The van der Waals surface area contributed by atoms with Crippen LogP contribution in [0.15, 0.2) is 0 Å². The van der Waals surface area contributed by atoms with E-state index in [0.29, 0.717) is 19.6 Å². The Morgan fingerprint density at radius 3 is 2.27 bits per heavy atom. The van der Waals surface area contributed by atoms with Crippen LogP contribution in [-0.4, -0.2) is 48.0 Å². The number of rotatable bonds is 4. The molecule has 1 saturated heterocycles. The summed E-state index contributed by atoms with van der Waals surface area (Å²) in [6, 6.07) is 0.0848. The summed E-state index contributed by atoms with van der Waals surface area (Å²) in [5, 5.41) is 0. The van der Waals surface area contributed by atoms with E-state index in [1.165, 1.54) is 0 Å². The Hall–Kier alpha value is 0.0400. The van der Waals surface area contributed by atoms with Crippen LogP contribution in [0, 0.1) is 0 Å². The SMILES string of the molecule is CC1CN(C[P+](=O)[O-])CCN1C[P+](=O)[O-]. The van der Waals surface area contributed by atoms with Crippen molar-refractivity contribution in [1.82, 2.24) is 9.80 Å². The standard InChI is InChI=1S/C7H14N2O4P2/c1-7-4-8(5-14(10)11)2-3-9(7)6-15(12)13/h7H,2-6H2,1H3. The molecule has 0 aromatic heterocycles. The van der Waals surface area contributed by atoms with E-state index in [2.05, 4.69) is 0 Å². The van der Waals surface area contributed by atoms with Gasteiger partial charge in [-0.1, -0.05) is 9.13 Å². The van der Waals surface area contributed by atoms with E-state index < -0.39 is 16.1 Å². The highest BCUT2D eigenvalue weighted by molar-refractivity contribution is 7.36. The van der Waals surface area contributed by atoms with Crippen molar-refractivity contribution in [1.29, 1.82) is 0 Å². The third kappa shape index (κ3) is 4.60. The summed E-state index contributed by atoms with van der Waals surface area (Å²) in [5.74, 6) is 0. The van der Waals surface area contributed by atoms with Crippen LogP contribution in [0.5, 0.6) is 0 Å². The zero-order valence-electron chi connectivity index (χ0n) is 8.53. The molecule has 0 radical (unpaired) electrons. The number of piperazine rings is 1. The van der Waals surface area contributed by atoms with E-state index in [1.807, 2.05) is 16.7 Å². The minimum Gasteiger partial charge on any atom is -0.594 e. The second kappa shape index (κ2) is 5.94. The van der Waals surface area contributed by atoms with Gasteiger partial charge in [-0.2, -0.15) is 0 Å². The molecule has 1 fully saturated rings.